The lowest BCUT2D eigenvalue weighted by molar-refractivity contribution is -0.208. The van der Waals surface area contributed by atoms with Crippen LogP contribution in [0.1, 0.15) is 44.8 Å². The zero-order valence-corrected chi connectivity index (χ0v) is 16.3. The predicted octanol–water partition coefficient (Wildman–Crippen LogP) is 2.14. The Morgan fingerprint density at radius 1 is 1.29 bits per heavy atom. The number of ether oxygens (including phenoxy) is 2. The second kappa shape index (κ2) is 6.46. The minimum Gasteiger partial charge on any atom is -0.472 e. The van der Waals surface area contributed by atoms with Gasteiger partial charge in [0.05, 0.1) is 37.8 Å². The first kappa shape index (κ1) is 19.2. The van der Waals surface area contributed by atoms with E-state index in [0.717, 1.165) is 5.56 Å². The van der Waals surface area contributed by atoms with Crippen molar-refractivity contribution in [1.82, 2.24) is 0 Å². The van der Waals surface area contributed by atoms with Gasteiger partial charge in [-0.05, 0) is 42.7 Å². The van der Waals surface area contributed by atoms with Crippen LogP contribution >= 0.6 is 0 Å². The van der Waals surface area contributed by atoms with Crippen molar-refractivity contribution >= 4 is 11.9 Å². The third-order valence-electron chi connectivity index (χ3n) is 7.37. The quantitative estimate of drug-likeness (QED) is 0.745. The molecule has 1 saturated carbocycles. The predicted molar refractivity (Wildman–Crippen MR) is 96.7 cm³/mol. The van der Waals surface area contributed by atoms with Crippen molar-refractivity contribution in [2.75, 3.05) is 7.11 Å². The van der Waals surface area contributed by atoms with Crippen molar-refractivity contribution in [2.45, 2.75) is 51.4 Å². The zero-order valence-electron chi connectivity index (χ0n) is 16.3. The van der Waals surface area contributed by atoms with Crippen LogP contribution in [0.3, 0.4) is 0 Å². The summed E-state index contributed by atoms with van der Waals surface area (Å²) in [5, 5.41) is 21.5. The Bertz CT molecular complexity index is 813. The van der Waals surface area contributed by atoms with Gasteiger partial charge in [0, 0.05) is 16.6 Å². The molecule has 1 saturated heterocycles. The van der Waals surface area contributed by atoms with Crippen LogP contribution < -0.4 is 0 Å². The molecule has 0 amide bonds. The van der Waals surface area contributed by atoms with E-state index < -0.39 is 41.0 Å². The van der Waals surface area contributed by atoms with Crippen molar-refractivity contribution in [3.8, 4) is 0 Å². The molecule has 4 rings (SSSR count). The summed E-state index contributed by atoms with van der Waals surface area (Å²) in [7, 11) is 1.29. The summed E-state index contributed by atoms with van der Waals surface area (Å²) in [5.41, 5.74) is -0.429. The van der Waals surface area contributed by atoms with Crippen molar-refractivity contribution in [1.29, 1.82) is 0 Å². The molecule has 28 heavy (non-hydrogen) atoms. The molecule has 1 aromatic rings. The molecule has 0 unspecified atom stereocenters. The number of aliphatic hydroxyl groups excluding tert-OH is 2. The fourth-order valence-corrected chi connectivity index (χ4v) is 5.82. The Morgan fingerprint density at radius 2 is 2.04 bits per heavy atom. The smallest absolute Gasteiger partial charge is 0.334 e. The van der Waals surface area contributed by atoms with E-state index in [0.29, 0.717) is 12.8 Å². The second-order valence-electron chi connectivity index (χ2n) is 8.71. The molecule has 1 aliphatic heterocycles. The summed E-state index contributed by atoms with van der Waals surface area (Å²) in [5.74, 6) is -1.72. The number of fused-ring (bicyclic) bond motifs is 3. The minimum absolute atomic E-state index is 0.199. The second-order valence-corrected chi connectivity index (χ2v) is 8.71. The summed E-state index contributed by atoms with van der Waals surface area (Å²) in [6, 6.07) is 1.77. The number of carbonyl (C=O) groups is 2. The van der Waals surface area contributed by atoms with Crippen LogP contribution in [0.5, 0.6) is 0 Å². The zero-order chi connectivity index (χ0) is 20.3. The van der Waals surface area contributed by atoms with Gasteiger partial charge in [-0.15, -0.1) is 0 Å². The maximum Gasteiger partial charge on any atom is 0.334 e. The van der Waals surface area contributed by atoms with Crippen molar-refractivity contribution in [3.63, 3.8) is 0 Å². The van der Waals surface area contributed by atoms with Crippen LogP contribution in [-0.2, 0) is 19.1 Å². The summed E-state index contributed by atoms with van der Waals surface area (Å²) in [4.78, 5) is 25.4. The maximum absolute atomic E-state index is 12.9. The first-order valence-corrected chi connectivity index (χ1v) is 9.61. The molecule has 0 aromatic carbocycles. The SMILES string of the molecule is COC(=O)C1=C[C@H](O)C[C@H]2[C@]3(C)C[C@@H](c4ccoc4)OC(=O)[C@H]3C[C@H](O)[C@@]12C. The Morgan fingerprint density at radius 3 is 2.68 bits per heavy atom. The fraction of sp³-hybridized carbons (Fsp3) is 0.619. The van der Waals surface area contributed by atoms with E-state index in [-0.39, 0.29) is 23.9 Å². The minimum atomic E-state index is -0.925. The first-order valence-electron chi connectivity index (χ1n) is 9.61. The normalized spacial score (nSPS) is 42.7. The van der Waals surface area contributed by atoms with Crippen molar-refractivity contribution in [3.05, 3.63) is 35.8 Å². The number of aliphatic hydroxyl groups is 2. The van der Waals surface area contributed by atoms with Gasteiger partial charge in [-0.1, -0.05) is 13.8 Å². The van der Waals surface area contributed by atoms with Gasteiger partial charge in [-0.3, -0.25) is 4.79 Å². The number of cyclic esters (lactones) is 1. The fourth-order valence-electron chi connectivity index (χ4n) is 5.82. The van der Waals surface area contributed by atoms with Gasteiger partial charge in [0.15, 0.2) is 0 Å². The molecule has 1 aromatic heterocycles. The number of methoxy groups -OCH3 is 1. The van der Waals surface area contributed by atoms with Crippen LogP contribution in [0.4, 0.5) is 0 Å². The van der Waals surface area contributed by atoms with Gasteiger partial charge >= 0.3 is 11.9 Å². The highest BCUT2D eigenvalue weighted by molar-refractivity contribution is 5.90. The van der Waals surface area contributed by atoms with E-state index >= 15 is 0 Å². The van der Waals surface area contributed by atoms with Gasteiger partial charge in [0.25, 0.3) is 0 Å². The largest absolute Gasteiger partial charge is 0.472 e. The molecular weight excluding hydrogens is 364 g/mol. The summed E-state index contributed by atoms with van der Waals surface area (Å²) < 4.78 is 15.8. The van der Waals surface area contributed by atoms with Crippen LogP contribution in [0.2, 0.25) is 0 Å². The van der Waals surface area contributed by atoms with E-state index in [1.165, 1.54) is 19.4 Å². The number of carbonyl (C=O) groups excluding carboxylic acids is 2. The van der Waals surface area contributed by atoms with Gasteiger partial charge in [0.1, 0.15) is 6.10 Å². The third kappa shape index (κ3) is 2.56. The van der Waals surface area contributed by atoms with Crippen LogP contribution in [0.15, 0.2) is 34.7 Å². The van der Waals surface area contributed by atoms with Crippen LogP contribution in [0.25, 0.3) is 0 Å². The number of rotatable bonds is 2. The molecule has 0 spiro atoms. The van der Waals surface area contributed by atoms with E-state index in [4.69, 9.17) is 13.9 Å². The Labute approximate surface area is 163 Å². The summed E-state index contributed by atoms with van der Waals surface area (Å²) in [6.07, 6.45) is 3.43. The molecule has 152 valence electrons. The monoisotopic (exact) mass is 390 g/mol. The highest BCUT2D eigenvalue weighted by atomic mass is 16.5. The third-order valence-corrected chi connectivity index (χ3v) is 7.37. The first-order chi connectivity index (χ1) is 13.2. The molecule has 7 heteroatoms. The number of esters is 2. The highest BCUT2D eigenvalue weighted by Crippen LogP contribution is 2.64. The van der Waals surface area contributed by atoms with Crippen molar-refractivity contribution in [2.24, 2.45) is 22.7 Å². The lowest BCUT2D eigenvalue weighted by Gasteiger charge is -2.61. The van der Waals surface area contributed by atoms with Gasteiger partial charge in [0.2, 0.25) is 0 Å². The average Bonchev–Trinajstić information content (AvgIpc) is 3.19. The average molecular weight is 390 g/mol. The van der Waals surface area contributed by atoms with Crippen LogP contribution in [-0.4, -0.2) is 41.5 Å². The topological polar surface area (TPSA) is 106 Å². The Balaban J connectivity index is 1.80. The molecule has 2 heterocycles. The summed E-state index contributed by atoms with van der Waals surface area (Å²) >= 11 is 0. The van der Waals surface area contributed by atoms with Gasteiger partial charge in [-0.2, -0.15) is 0 Å². The van der Waals surface area contributed by atoms with Crippen LogP contribution in [0, 0.1) is 22.7 Å². The summed E-state index contributed by atoms with van der Waals surface area (Å²) in [6.45, 7) is 3.85. The van der Waals surface area contributed by atoms with E-state index in [9.17, 15) is 19.8 Å². The van der Waals surface area contributed by atoms with Gasteiger partial charge < -0.3 is 24.1 Å². The number of hydrogen-bond donors (Lipinski definition) is 2. The maximum atomic E-state index is 12.9. The molecule has 7 nitrogen and oxygen atoms in total. The molecule has 2 fully saturated rings. The number of furan rings is 1. The van der Waals surface area contributed by atoms with Gasteiger partial charge in [-0.25, -0.2) is 4.79 Å². The van der Waals surface area contributed by atoms with E-state index in [1.807, 2.05) is 13.8 Å². The standard InChI is InChI=1S/C21H26O7/c1-20-9-15(11-4-5-27-10-11)28-19(25)13(20)8-17(23)21(2)14(18(24)26-3)6-12(22)7-16(20)21/h4-6,10,12-13,15-17,22-23H,7-9H2,1-3H3/t12-,13+,15-,16-,17-,20+,21-/m0/s1. The molecule has 0 bridgehead atoms. The highest BCUT2D eigenvalue weighted by Gasteiger charge is 2.65. The van der Waals surface area contributed by atoms with E-state index in [1.54, 1.807) is 12.3 Å². The molecule has 3 aliphatic rings. The lowest BCUT2D eigenvalue weighted by Crippen LogP contribution is -2.62. The molecule has 2 aliphatic carbocycles. The van der Waals surface area contributed by atoms with Crippen molar-refractivity contribution < 1.29 is 33.7 Å². The number of hydrogen-bond acceptors (Lipinski definition) is 7. The Hall–Kier alpha value is -2.12. The van der Waals surface area contributed by atoms with E-state index in [2.05, 4.69) is 0 Å². The molecule has 2 N–H and O–H groups in total. The Kier molecular flexibility index (Phi) is 4.43. The molecule has 0 radical (unpaired) electrons. The lowest BCUT2D eigenvalue weighted by atomic mass is 9.44. The molecule has 7 atom stereocenters. The molecular formula is C21H26O7.